The quantitative estimate of drug-likeness (QED) is 0.728. The summed E-state index contributed by atoms with van der Waals surface area (Å²) in [7, 11) is 0. The van der Waals surface area contributed by atoms with Crippen molar-refractivity contribution in [3.8, 4) is 5.75 Å². The molecule has 0 radical (unpaired) electrons. The van der Waals surface area contributed by atoms with Gasteiger partial charge in [0, 0.05) is 6.04 Å². The van der Waals surface area contributed by atoms with Gasteiger partial charge in [0.2, 0.25) is 0 Å². The molecule has 0 saturated carbocycles. The molecule has 0 amide bonds. The molecule has 0 aromatic heterocycles. The summed E-state index contributed by atoms with van der Waals surface area (Å²) in [5, 5.41) is 13.1. The molecule has 3 heteroatoms. The lowest BCUT2D eigenvalue weighted by atomic mass is 9.81. The third-order valence-electron chi connectivity index (χ3n) is 3.78. The van der Waals surface area contributed by atoms with E-state index in [4.69, 9.17) is 0 Å². The topological polar surface area (TPSA) is 32.3 Å². The monoisotopic (exact) mass is 239 g/mol. The van der Waals surface area contributed by atoms with Crippen LogP contribution in [0.4, 0.5) is 0 Å². The standard InChI is InChI=1S/C13H17NO.ClH/c15-13-4-2-10-6-12-3-1-9(8-14-12)5-11(10)7-13;/h2,4,7,9,12,14-15H,1,3,5-6,8H2;1H. The van der Waals surface area contributed by atoms with E-state index in [0.717, 1.165) is 25.3 Å². The minimum absolute atomic E-state index is 0. The third-order valence-corrected chi connectivity index (χ3v) is 3.78. The van der Waals surface area contributed by atoms with Crippen LogP contribution in [0.25, 0.3) is 0 Å². The summed E-state index contributed by atoms with van der Waals surface area (Å²) in [4.78, 5) is 0. The van der Waals surface area contributed by atoms with Gasteiger partial charge in [-0.3, -0.25) is 0 Å². The lowest BCUT2D eigenvalue weighted by Crippen LogP contribution is -2.42. The first-order valence-electron chi connectivity index (χ1n) is 5.85. The number of piperidine rings is 1. The van der Waals surface area contributed by atoms with E-state index in [2.05, 4.69) is 11.4 Å². The van der Waals surface area contributed by atoms with E-state index in [0.29, 0.717) is 11.8 Å². The fourth-order valence-electron chi connectivity index (χ4n) is 2.90. The van der Waals surface area contributed by atoms with Crippen LogP contribution in [0.1, 0.15) is 24.0 Å². The smallest absolute Gasteiger partial charge is 0.115 e. The lowest BCUT2D eigenvalue weighted by molar-refractivity contribution is 0.296. The van der Waals surface area contributed by atoms with E-state index < -0.39 is 0 Å². The van der Waals surface area contributed by atoms with Gasteiger partial charge in [0.1, 0.15) is 5.75 Å². The maximum absolute atomic E-state index is 9.50. The van der Waals surface area contributed by atoms with Crippen LogP contribution in [-0.2, 0) is 12.8 Å². The first-order chi connectivity index (χ1) is 7.31. The van der Waals surface area contributed by atoms with Crippen molar-refractivity contribution in [3.05, 3.63) is 29.3 Å². The number of phenols is 1. The highest BCUT2D eigenvalue weighted by atomic mass is 35.5. The zero-order valence-corrected chi connectivity index (χ0v) is 10.1. The second-order valence-electron chi connectivity index (χ2n) is 4.91. The molecule has 2 unspecified atom stereocenters. The van der Waals surface area contributed by atoms with Gasteiger partial charge in [-0.1, -0.05) is 6.07 Å². The minimum Gasteiger partial charge on any atom is -0.508 e. The molecule has 2 N–H and O–H groups in total. The average molecular weight is 240 g/mol. The van der Waals surface area contributed by atoms with Gasteiger partial charge in [-0.2, -0.15) is 0 Å². The number of fused-ring (bicyclic) bond motifs is 2. The summed E-state index contributed by atoms with van der Waals surface area (Å²) >= 11 is 0. The lowest BCUT2D eigenvalue weighted by Gasteiger charge is -2.34. The predicted octanol–water partition coefficient (Wildman–Crippen LogP) is 2.28. The number of benzene rings is 1. The molecule has 2 nitrogen and oxygen atoms in total. The van der Waals surface area contributed by atoms with Gasteiger partial charge in [-0.25, -0.2) is 0 Å². The second kappa shape index (κ2) is 4.64. The highest BCUT2D eigenvalue weighted by molar-refractivity contribution is 5.85. The first-order valence-corrected chi connectivity index (χ1v) is 5.85. The molecule has 4 rings (SSSR count). The Morgan fingerprint density at radius 2 is 2.00 bits per heavy atom. The van der Waals surface area contributed by atoms with Crippen LogP contribution in [0.5, 0.6) is 5.75 Å². The Hall–Kier alpha value is -0.730. The van der Waals surface area contributed by atoms with E-state index in [1.54, 1.807) is 0 Å². The van der Waals surface area contributed by atoms with Crippen molar-refractivity contribution in [2.75, 3.05) is 6.54 Å². The Kier molecular flexibility index (Phi) is 3.41. The Morgan fingerprint density at radius 3 is 2.75 bits per heavy atom. The fraction of sp³-hybridized carbons (Fsp3) is 0.538. The van der Waals surface area contributed by atoms with Gasteiger partial charge < -0.3 is 10.4 Å². The van der Waals surface area contributed by atoms with Crippen molar-refractivity contribution >= 4 is 12.4 Å². The van der Waals surface area contributed by atoms with Crippen LogP contribution in [0, 0.1) is 5.92 Å². The Bertz CT molecular complexity index is 372. The summed E-state index contributed by atoms with van der Waals surface area (Å²) in [6.07, 6.45) is 4.91. The molecule has 3 aliphatic rings. The minimum atomic E-state index is 0. The summed E-state index contributed by atoms with van der Waals surface area (Å²) in [6, 6.07) is 6.52. The highest BCUT2D eigenvalue weighted by Gasteiger charge is 2.25. The molecule has 2 heterocycles. The van der Waals surface area contributed by atoms with Crippen LogP contribution >= 0.6 is 12.4 Å². The average Bonchev–Trinajstić information content (AvgIpc) is 2.20. The number of aromatic hydroxyl groups is 1. The molecule has 1 saturated heterocycles. The molecule has 1 aliphatic carbocycles. The van der Waals surface area contributed by atoms with Crippen LogP contribution in [0.2, 0.25) is 0 Å². The predicted molar refractivity (Wildman–Crippen MR) is 67.3 cm³/mol. The Balaban J connectivity index is 0.000000963. The molecule has 88 valence electrons. The molecule has 1 fully saturated rings. The molecule has 1 aromatic rings. The van der Waals surface area contributed by atoms with Gasteiger partial charge in [-0.05, 0) is 61.4 Å². The van der Waals surface area contributed by atoms with Crippen molar-refractivity contribution < 1.29 is 5.11 Å². The molecular formula is C13H18ClNO. The van der Waals surface area contributed by atoms with Crippen molar-refractivity contribution in [2.24, 2.45) is 5.92 Å². The number of nitrogens with one attached hydrogen (secondary N) is 1. The molecule has 2 bridgehead atoms. The van der Waals surface area contributed by atoms with E-state index in [1.807, 2.05) is 12.1 Å². The second-order valence-corrected chi connectivity index (χ2v) is 4.91. The summed E-state index contributed by atoms with van der Waals surface area (Å²) in [5.74, 6) is 1.18. The van der Waals surface area contributed by atoms with Crippen molar-refractivity contribution in [1.82, 2.24) is 5.32 Å². The third kappa shape index (κ3) is 2.18. The molecule has 16 heavy (non-hydrogen) atoms. The maximum atomic E-state index is 9.50. The van der Waals surface area contributed by atoms with E-state index in [-0.39, 0.29) is 12.4 Å². The largest absolute Gasteiger partial charge is 0.508 e. The number of halogens is 1. The summed E-state index contributed by atoms with van der Waals surface area (Å²) in [5.41, 5.74) is 2.79. The summed E-state index contributed by atoms with van der Waals surface area (Å²) < 4.78 is 0. The number of hydrogen-bond donors (Lipinski definition) is 2. The van der Waals surface area contributed by atoms with E-state index in [9.17, 15) is 5.11 Å². The molecular weight excluding hydrogens is 222 g/mol. The maximum Gasteiger partial charge on any atom is 0.115 e. The molecule has 1 aromatic carbocycles. The van der Waals surface area contributed by atoms with Crippen molar-refractivity contribution in [2.45, 2.75) is 31.7 Å². The Labute approximate surface area is 102 Å². The zero-order chi connectivity index (χ0) is 10.3. The molecule has 0 spiro atoms. The number of hydrogen-bond acceptors (Lipinski definition) is 2. The van der Waals surface area contributed by atoms with Crippen molar-refractivity contribution in [1.29, 1.82) is 0 Å². The van der Waals surface area contributed by atoms with Crippen molar-refractivity contribution in [3.63, 3.8) is 0 Å². The molecule has 2 aliphatic heterocycles. The highest BCUT2D eigenvalue weighted by Crippen LogP contribution is 2.29. The first kappa shape index (κ1) is 11.7. The summed E-state index contributed by atoms with van der Waals surface area (Å²) in [6.45, 7) is 1.15. The van der Waals surface area contributed by atoms with Crippen LogP contribution in [0.3, 0.4) is 0 Å². The van der Waals surface area contributed by atoms with Gasteiger partial charge in [0.15, 0.2) is 0 Å². The van der Waals surface area contributed by atoms with Gasteiger partial charge >= 0.3 is 0 Å². The number of phenolic OH excluding ortho intramolecular Hbond substituents is 1. The molecule has 2 atom stereocenters. The fourth-order valence-corrected chi connectivity index (χ4v) is 2.90. The normalized spacial score (nSPS) is 27.5. The SMILES string of the molecule is Cl.Oc1ccc2c(c1)CC1CCC(C2)NC1. The van der Waals surface area contributed by atoms with Gasteiger partial charge in [0.05, 0.1) is 0 Å². The van der Waals surface area contributed by atoms with Crippen LogP contribution in [-0.4, -0.2) is 17.7 Å². The van der Waals surface area contributed by atoms with Crippen LogP contribution < -0.4 is 5.32 Å². The van der Waals surface area contributed by atoms with Gasteiger partial charge in [0.25, 0.3) is 0 Å². The van der Waals surface area contributed by atoms with E-state index >= 15 is 0 Å². The zero-order valence-electron chi connectivity index (χ0n) is 9.28. The van der Waals surface area contributed by atoms with E-state index in [1.165, 1.54) is 24.0 Å². The Morgan fingerprint density at radius 1 is 1.12 bits per heavy atom. The number of rotatable bonds is 0. The van der Waals surface area contributed by atoms with Gasteiger partial charge in [-0.15, -0.1) is 12.4 Å². The van der Waals surface area contributed by atoms with Crippen LogP contribution in [0.15, 0.2) is 18.2 Å².